The summed E-state index contributed by atoms with van der Waals surface area (Å²) in [6.07, 6.45) is 2.60. The Labute approximate surface area is 134 Å². The zero-order valence-electron chi connectivity index (χ0n) is 11.7. The summed E-state index contributed by atoms with van der Waals surface area (Å²) < 4.78 is 28.2. The molecule has 0 atom stereocenters. The highest BCUT2D eigenvalue weighted by molar-refractivity contribution is 7.12. The molecule has 0 bridgehead atoms. The Balaban J connectivity index is 1.89. The number of hydrogen-bond donors (Lipinski definition) is 1. The number of nitrogens with zero attached hydrogens (tertiary/aromatic N) is 1. The first-order valence-electron chi connectivity index (χ1n) is 6.36. The van der Waals surface area contributed by atoms with Crippen molar-refractivity contribution in [1.29, 1.82) is 0 Å². The van der Waals surface area contributed by atoms with E-state index in [1.807, 2.05) is 5.38 Å². The number of amidine groups is 1. The Kier molecular flexibility index (Phi) is 5.81. The van der Waals surface area contributed by atoms with Gasteiger partial charge in [-0.1, -0.05) is 23.4 Å². The first kappa shape index (κ1) is 16.6. The summed E-state index contributed by atoms with van der Waals surface area (Å²) in [4.78, 5) is 16.8. The Bertz CT molecular complexity index is 698. The third kappa shape index (κ3) is 5.51. The van der Waals surface area contributed by atoms with Crippen LogP contribution in [-0.4, -0.2) is 18.4 Å². The van der Waals surface area contributed by atoms with E-state index in [0.717, 1.165) is 6.08 Å². The van der Waals surface area contributed by atoms with Gasteiger partial charge >= 0.3 is 12.6 Å². The van der Waals surface area contributed by atoms with E-state index in [4.69, 9.17) is 5.73 Å². The Morgan fingerprint density at radius 2 is 2.00 bits per heavy atom. The molecule has 0 aliphatic carbocycles. The lowest BCUT2D eigenvalue weighted by Crippen LogP contribution is -2.13. The van der Waals surface area contributed by atoms with Gasteiger partial charge in [0, 0.05) is 6.08 Å². The molecule has 5 nitrogen and oxygen atoms in total. The van der Waals surface area contributed by atoms with Gasteiger partial charge in [0.05, 0.1) is 4.88 Å². The van der Waals surface area contributed by atoms with Crippen molar-refractivity contribution in [2.75, 3.05) is 0 Å². The molecular weight excluding hydrogens is 326 g/mol. The number of benzene rings is 1. The summed E-state index contributed by atoms with van der Waals surface area (Å²) in [5.74, 6) is -0.569. The van der Waals surface area contributed by atoms with E-state index in [1.54, 1.807) is 12.1 Å². The van der Waals surface area contributed by atoms with Crippen molar-refractivity contribution < 1.29 is 23.1 Å². The maximum absolute atomic E-state index is 12.0. The molecule has 0 aliphatic heterocycles. The van der Waals surface area contributed by atoms with Crippen molar-refractivity contribution in [1.82, 2.24) is 0 Å². The Morgan fingerprint density at radius 1 is 1.26 bits per heavy atom. The first-order chi connectivity index (χ1) is 11.0. The second-order valence-electron chi connectivity index (χ2n) is 4.15. The molecule has 8 heteroatoms. The third-order valence-electron chi connectivity index (χ3n) is 2.52. The minimum absolute atomic E-state index is 0.0352. The molecule has 2 rings (SSSR count). The van der Waals surface area contributed by atoms with Gasteiger partial charge in [0.15, 0.2) is 5.84 Å². The zero-order chi connectivity index (χ0) is 16.7. The molecule has 0 aliphatic rings. The largest absolute Gasteiger partial charge is 0.435 e. The van der Waals surface area contributed by atoms with Crippen molar-refractivity contribution in [3.8, 4) is 5.75 Å². The second kappa shape index (κ2) is 8.04. The highest BCUT2D eigenvalue weighted by Gasteiger charge is 2.04. The SMILES string of the molecule is N/C(=N\OC(=O)/C=C\c1ccc(OC(F)F)cc1)c1cccs1. The number of halogens is 2. The fourth-order valence-corrected chi connectivity index (χ4v) is 2.14. The number of carbonyl (C=O) groups is 1. The topological polar surface area (TPSA) is 73.9 Å². The van der Waals surface area contributed by atoms with Gasteiger partial charge in [0.1, 0.15) is 5.75 Å². The van der Waals surface area contributed by atoms with Gasteiger partial charge < -0.3 is 15.3 Å². The van der Waals surface area contributed by atoms with Gasteiger partial charge in [-0.2, -0.15) is 8.78 Å². The zero-order valence-corrected chi connectivity index (χ0v) is 12.5. The molecule has 1 heterocycles. The lowest BCUT2D eigenvalue weighted by atomic mass is 10.2. The summed E-state index contributed by atoms with van der Waals surface area (Å²) in [5.41, 5.74) is 6.25. The van der Waals surface area contributed by atoms with Crippen LogP contribution < -0.4 is 10.5 Å². The molecular formula is C15H12F2N2O3S. The molecule has 0 saturated heterocycles. The number of rotatable bonds is 6. The Morgan fingerprint density at radius 3 is 2.61 bits per heavy atom. The Hall–Kier alpha value is -2.74. The van der Waals surface area contributed by atoms with Crippen molar-refractivity contribution in [2.24, 2.45) is 10.9 Å². The van der Waals surface area contributed by atoms with Crippen LogP contribution in [0, 0.1) is 0 Å². The van der Waals surface area contributed by atoms with E-state index in [-0.39, 0.29) is 11.6 Å². The van der Waals surface area contributed by atoms with E-state index in [2.05, 4.69) is 14.7 Å². The van der Waals surface area contributed by atoms with Gasteiger partial charge in [-0.25, -0.2) is 4.79 Å². The fraction of sp³-hybridized carbons (Fsp3) is 0.0667. The highest BCUT2D eigenvalue weighted by Crippen LogP contribution is 2.15. The van der Waals surface area contributed by atoms with E-state index in [0.29, 0.717) is 10.4 Å². The molecule has 2 N–H and O–H groups in total. The molecule has 1 aromatic carbocycles. The predicted molar refractivity (Wildman–Crippen MR) is 83.2 cm³/mol. The van der Waals surface area contributed by atoms with Crippen molar-refractivity contribution in [3.05, 3.63) is 58.3 Å². The molecule has 0 radical (unpaired) electrons. The van der Waals surface area contributed by atoms with Crippen LogP contribution in [0.25, 0.3) is 6.08 Å². The summed E-state index contributed by atoms with van der Waals surface area (Å²) in [6, 6.07) is 9.31. The van der Waals surface area contributed by atoms with Crippen LogP contribution >= 0.6 is 11.3 Å². The summed E-state index contributed by atoms with van der Waals surface area (Å²) in [7, 11) is 0. The maximum atomic E-state index is 12.0. The lowest BCUT2D eigenvalue weighted by molar-refractivity contribution is -0.137. The quantitative estimate of drug-likeness (QED) is 0.288. The van der Waals surface area contributed by atoms with Crippen LogP contribution in [0.2, 0.25) is 0 Å². The van der Waals surface area contributed by atoms with Crippen LogP contribution in [0.4, 0.5) is 8.78 Å². The van der Waals surface area contributed by atoms with Crippen molar-refractivity contribution in [3.63, 3.8) is 0 Å². The molecule has 0 amide bonds. The number of alkyl halides is 2. The van der Waals surface area contributed by atoms with E-state index in [1.165, 1.54) is 41.7 Å². The van der Waals surface area contributed by atoms with E-state index >= 15 is 0 Å². The monoisotopic (exact) mass is 338 g/mol. The highest BCUT2D eigenvalue weighted by atomic mass is 32.1. The molecule has 1 aromatic heterocycles. The molecule has 0 fully saturated rings. The summed E-state index contributed by atoms with van der Waals surface area (Å²) in [5, 5.41) is 5.35. The smallest absolute Gasteiger partial charge is 0.387 e. The first-order valence-corrected chi connectivity index (χ1v) is 7.24. The number of thiophene rings is 1. The van der Waals surface area contributed by atoms with Crippen LogP contribution in [0.15, 0.2) is 53.0 Å². The van der Waals surface area contributed by atoms with Gasteiger partial charge in [-0.05, 0) is 35.2 Å². The van der Waals surface area contributed by atoms with Crippen LogP contribution in [0.5, 0.6) is 5.75 Å². The molecule has 0 unspecified atom stereocenters. The summed E-state index contributed by atoms with van der Waals surface area (Å²) >= 11 is 1.37. The predicted octanol–water partition coefficient (Wildman–Crippen LogP) is 3.23. The van der Waals surface area contributed by atoms with Gasteiger partial charge in [0.2, 0.25) is 0 Å². The average Bonchev–Trinajstić information content (AvgIpc) is 3.06. The molecule has 23 heavy (non-hydrogen) atoms. The number of carbonyl (C=O) groups excluding carboxylic acids is 1. The van der Waals surface area contributed by atoms with Crippen LogP contribution in [0.1, 0.15) is 10.4 Å². The number of oxime groups is 1. The van der Waals surface area contributed by atoms with Crippen molar-refractivity contribution >= 4 is 29.2 Å². The molecule has 0 spiro atoms. The van der Waals surface area contributed by atoms with Crippen LogP contribution in [-0.2, 0) is 9.63 Å². The summed E-state index contributed by atoms with van der Waals surface area (Å²) in [6.45, 7) is -2.88. The van der Waals surface area contributed by atoms with Crippen LogP contribution in [0.3, 0.4) is 0 Å². The third-order valence-corrected chi connectivity index (χ3v) is 3.42. The second-order valence-corrected chi connectivity index (χ2v) is 5.09. The average molecular weight is 338 g/mol. The molecule has 120 valence electrons. The number of nitrogens with two attached hydrogens (primary N) is 1. The minimum atomic E-state index is -2.88. The molecule has 2 aromatic rings. The van der Waals surface area contributed by atoms with E-state index < -0.39 is 12.6 Å². The number of ether oxygens (including phenoxy) is 1. The normalized spacial score (nSPS) is 11.9. The maximum Gasteiger partial charge on any atom is 0.387 e. The van der Waals surface area contributed by atoms with Crippen molar-refractivity contribution in [2.45, 2.75) is 6.61 Å². The number of hydrogen-bond acceptors (Lipinski definition) is 5. The lowest BCUT2D eigenvalue weighted by Gasteiger charge is -2.03. The minimum Gasteiger partial charge on any atom is -0.435 e. The standard InChI is InChI=1S/C15H12F2N2O3S/c16-15(17)21-11-6-3-10(4-7-11)5-8-13(20)22-19-14(18)12-2-1-9-23-12/h1-9,15H,(H2,18,19)/b8-5-. The van der Waals surface area contributed by atoms with Gasteiger partial charge in [-0.3, -0.25) is 0 Å². The van der Waals surface area contributed by atoms with E-state index in [9.17, 15) is 13.6 Å². The van der Waals surface area contributed by atoms with Gasteiger partial charge in [-0.15, -0.1) is 11.3 Å². The fourth-order valence-electron chi connectivity index (χ4n) is 1.52. The molecule has 0 saturated carbocycles. The van der Waals surface area contributed by atoms with Gasteiger partial charge in [0.25, 0.3) is 0 Å².